The van der Waals surface area contributed by atoms with E-state index in [1.165, 1.54) is 5.56 Å². The monoisotopic (exact) mass is 490 g/mol. The van der Waals surface area contributed by atoms with Gasteiger partial charge >= 0.3 is 0 Å². The Hall–Kier alpha value is -4.23. The third kappa shape index (κ3) is 4.90. The highest BCUT2D eigenvalue weighted by molar-refractivity contribution is 5.98. The lowest BCUT2D eigenvalue weighted by Crippen LogP contribution is -2.46. The maximum absolute atomic E-state index is 5.37. The van der Waals surface area contributed by atoms with Crippen molar-refractivity contribution in [3.8, 4) is 28.0 Å². The van der Waals surface area contributed by atoms with Crippen molar-refractivity contribution in [2.24, 2.45) is 7.05 Å². The average Bonchev–Trinajstić information content (AvgIpc) is 3.39. The van der Waals surface area contributed by atoms with E-state index in [0.717, 1.165) is 77.4 Å². The molecule has 5 aromatic rings. The fraction of sp³-hybridized carbons (Fsp3) is 0.233. The van der Waals surface area contributed by atoms with E-state index in [1.54, 1.807) is 7.11 Å². The molecule has 0 N–H and O–H groups in total. The van der Waals surface area contributed by atoms with Crippen LogP contribution in [-0.4, -0.2) is 57.9 Å². The molecule has 1 saturated heterocycles. The van der Waals surface area contributed by atoms with Crippen LogP contribution in [0.2, 0.25) is 0 Å². The van der Waals surface area contributed by atoms with Crippen LogP contribution in [-0.2, 0) is 13.6 Å². The Kier molecular flexibility index (Phi) is 6.28. The molecule has 1 fully saturated rings. The van der Waals surface area contributed by atoms with Gasteiger partial charge < -0.3 is 9.64 Å². The molecule has 37 heavy (non-hydrogen) atoms. The summed E-state index contributed by atoms with van der Waals surface area (Å²) in [6, 6.07) is 21.1. The van der Waals surface area contributed by atoms with E-state index in [9.17, 15) is 0 Å². The molecule has 0 spiro atoms. The molecule has 6 rings (SSSR count). The lowest BCUT2D eigenvalue weighted by atomic mass is 9.97. The first-order valence-electron chi connectivity index (χ1n) is 12.6. The number of piperazine rings is 1. The van der Waals surface area contributed by atoms with E-state index in [0.29, 0.717) is 0 Å². The van der Waals surface area contributed by atoms with E-state index in [4.69, 9.17) is 9.72 Å². The summed E-state index contributed by atoms with van der Waals surface area (Å²) < 4.78 is 7.20. The van der Waals surface area contributed by atoms with Crippen molar-refractivity contribution in [1.29, 1.82) is 0 Å². The summed E-state index contributed by atoms with van der Waals surface area (Å²) in [6.07, 6.45) is 7.76. The molecule has 0 bridgehead atoms. The van der Waals surface area contributed by atoms with E-state index in [1.807, 2.05) is 48.6 Å². The zero-order chi connectivity index (χ0) is 25.2. The highest BCUT2D eigenvalue weighted by Gasteiger charge is 2.19. The largest absolute Gasteiger partial charge is 0.497 e. The summed E-state index contributed by atoms with van der Waals surface area (Å²) in [7, 11) is 3.65. The Labute approximate surface area is 217 Å². The summed E-state index contributed by atoms with van der Waals surface area (Å²) in [5, 5.41) is 5.47. The Morgan fingerprint density at radius 2 is 1.73 bits per heavy atom. The fourth-order valence-electron chi connectivity index (χ4n) is 5.05. The molecule has 7 nitrogen and oxygen atoms in total. The number of rotatable bonds is 6. The molecule has 1 aliphatic rings. The van der Waals surface area contributed by atoms with Gasteiger partial charge in [0.1, 0.15) is 11.6 Å². The second kappa shape index (κ2) is 10.0. The molecular formula is C30H30N6O. The van der Waals surface area contributed by atoms with E-state index in [-0.39, 0.29) is 0 Å². The number of nitrogens with zero attached hydrogens (tertiary/aromatic N) is 6. The van der Waals surface area contributed by atoms with Crippen molar-refractivity contribution < 1.29 is 4.74 Å². The number of pyridine rings is 2. The number of benzene rings is 2. The number of hydrogen-bond acceptors (Lipinski definition) is 6. The van der Waals surface area contributed by atoms with Crippen LogP contribution in [0.4, 0.5) is 5.82 Å². The molecular weight excluding hydrogens is 460 g/mol. The molecule has 0 radical (unpaired) electrons. The second-order valence-corrected chi connectivity index (χ2v) is 9.52. The molecule has 1 aliphatic heterocycles. The quantitative estimate of drug-likeness (QED) is 0.333. The summed E-state index contributed by atoms with van der Waals surface area (Å²) in [5.74, 6) is 1.94. The summed E-state index contributed by atoms with van der Waals surface area (Å²) in [5.41, 5.74) is 6.65. The Morgan fingerprint density at radius 3 is 2.49 bits per heavy atom. The molecule has 4 heterocycles. The van der Waals surface area contributed by atoms with Crippen LogP contribution in [0.15, 0.2) is 85.5 Å². The minimum absolute atomic E-state index is 0.912. The van der Waals surface area contributed by atoms with Crippen LogP contribution in [0.25, 0.3) is 33.2 Å². The topological polar surface area (TPSA) is 59.3 Å². The van der Waals surface area contributed by atoms with Crippen molar-refractivity contribution in [3.63, 3.8) is 0 Å². The molecule has 0 unspecified atom stereocenters. The Balaban J connectivity index is 1.19. The third-order valence-electron chi connectivity index (χ3n) is 7.05. The molecule has 0 amide bonds. The van der Waals surface area contributed by atoms with Crippen molar-refractivity contribution in [3.05, 3.63) is 91.0 Å². The van der Waals surface area contributed by atoms with Gasteiger partial charge in [0.2, 0.25) is 0 Å². The summed E-state index contributed by atoms with van der Waals surface area (Å²) >= 11 is 0. The zero-order valence-electron chi connectivity index (χ0n) is 21.2. The third-order valence-corrected chi connectivity index (χ3v) is 7.05. The van der Waals surface area contributed by atoms with Crippen molar-refractivity contribution in [1.82, 2.24) is 24.6 Å². The Bertz CT molecular complexity index is 1520. The van der Waals surface area contributed by atoms with Gasteiger partial charge in [-0.05, 0) is 59.2 Å². The van der Waals surface area contributed by atoms with Crippen molar-refractivity contribution in [2.45, 2.75) is 6.54 Å². The standard InChI is InChI=1S/C30H30N6O/c1-34-21-25(19-33-34)24-16-28(27-7-4-10-31-29(27)17-24)23-8-9-30(32-18-23)36-13-11-35(12-14-36)20-22-5-3-6-26(15-22)37-2/h3-10,15-19,21H,11-14,20H2,1-2H3. The van der Waals surface area contributed by atoms with Crippen molar-refractivity contribution in [2.75, 3.05) is 38.2 Å². The normalized spacial score (nSPS) is 14.3. The first-order valence-corrected chi connectivity index (χ1v) is 12.6. The van der Waals surface area contributed by atoms with Crippen LogP contribution in [0.5, 0.6) is 5.75 Å². The van der Waals surface area contributed by atoms with Gasteiger partial charge in [0.25, 0.3) is 0 Å². The molecule has 186 valence electrons. The lowest BCUT2D eigenvalue weighted by molar-refractivity contribution is 0.249. The lowest BCUT2D eigenvalue weighted by Gasteiger charge is -2.35. The number of aryl methyl sites for hydroxylation is 1. The molecule has 0 atom stereocenters. The summed E-state index contributed by atoms with van der Waals surface area (Å²) in [6.45, 7) is 4.86. The van der Waals surface area contributed by atoms with Crippen LogP contribution >= 0.6 is 0 Å². The van der Waals surface area contributed by atoms with Crippen LogP contribution < -0.4 is 9.64 Å². The minimum atomic E-state index is 0.912. The average molecular weight is 491 g/mol. The van der Waals surface area contributed by atoms with Gasteiger partial charge in [0, 0.05) is 74.9 Å². The maximum atomic E-state index is 5.37. The number of fused-ring (bicyclic) bond motifs is 1. The first-order chi connectivity index (χ1) is 18.2. The second-order valence-electron chi connectivity index (χ2n) is 9.52. The van der Waals surface area contributed by atoms with Gasteiger partial charge in [-0.1, -0.05) is 18.2 Å². The Morgan fingerprint density at radius 1 is 0.838 bits per heavy atom. The number of hydrogen-bond donors (Lipinski definition) is 0. The van der Waals surface area contributed by atoms with Gasteiger partial charge in [0.15, 0.2) is 0 Å². The number of anilines is 1. The summed E-state index contributed by atoms with van der Waals surface area (Å²) in [4.78, 5) is 14.4. The van der Waals surface area contributed by atoms with Gasteiger partial charge in [-0.15, -0.1) is 0 Å². The van der Waals surface area contributed by atoms with E-state index >= 15 is 0 Å². The van der Waals surface area contributed by atoms with Gasteiger partial charge in [-0.3, -0.25) is 14.6 Å². The predicted octanol–water partition coefficient (Wildman–Crippen LogP) is 5.03. The van der Waals surface area contributed by atoms with Crippen LogP contribution in [0.1, 0.15) is 5.56 Å². The SMILES string of the molecule is COc1cccc(CN2CCN(c3ccc(-c4cc(-c5cnn(C)c5)cc5ncccc45)cn3)CC2)c1. The predicted molar refractivity (Wildman–Crippen MR) is 148 cm³/mol. The van der Waals surface area contributed by atoms with Crippen LogP contribution in [0.3, 0.4) is 0 Å². The van der Waals surface area contributed by atoms with E-state index in [2.05, 4.69) is 68.4 Å². The van der Waals surface area contributed by atoms with Gasteiger partial charge in [0.05, 0.1) is 18.8 Å². The van der Waals surface area contributed by atoms with E-state index < -0.39 is 0 Å². The maximum Gasteiger partial charge on any atom is 0.128 e. The molecule has 0 aliphatic carbocycles. The number of aromatic nitrogens is 4. The van der Waals surface area contributed by atoms with Gasteiger partial charge in [-0.2, -0.15) is 5.10 Å². The first kappa shape index (κ1) is 23.2. The number of methoxy groups -OCH3 is 1. The fourth-order valence-corrected chi connectivity index (χ4v) is 5.05. The smallest absolute Gasteiger partial charge is 0.128 e. The van der Waals surface area contributed by atoms with Gasteiger partial charge in [-0.25, -0.2) is 4.98 Å². The highest BCUT2D eigenvalue weighted by Crippen LogP contribution is 2.33. The van der Waals surface area contributed by atoms with Crippen LogP contribution in [0, 0.1) is 0 Å². The zero-order valence-corrected chi connectivity index (χ0v) is 21.2. The highest BCUT2D eigenvalue weighted by atomic mass is 16.5. The molecule has 0 saturated carbocycles. The molecule has 3 aromatic heterocycles. The number of ether oxygens (including phenoxy) is 1. The molecule has 7 heteroatoms. The minimum Gasteiger partial charge on any atom is -0.497 e. The van der Waals surface area contributed by atoms with Crippen molar-refractivity contribution >= 4 is 16.7 Å². The molecule has 2 aromatic carbocycles.